The number of hydrogen-bond donors (Lipinski definition) is 4. The van der Waals surface area contributed by atoms with Crippen molar-refractivity contribution >= 4 is 5.91 Å². The molecule has 0 radical (unpaired) electrons. The summed E-state index contributed by atoms with van der Waals surface area (Å²) < 4.78 is 0. The summed E-state index contributed by atoms with van der Waals surface area (Å²) in [5.74, 6) is -0.316. The fraction of sp³-hybridized carbons (Fsp3) is 0.894. The van der Waals surface area contributed by atoms with Crippen LogP contribution < -0.4 is 5.32 Å². The number of nitrogens with one attached hydrogen (secondary N) is 1. The summed E-state index contributed by atoms with van der Waals surface area (Å²) in [5.41, 5.74) is 0. The van der Waals surface area contributed by atoms with Gasteiger partial charge in [-0.05, 0) is 44.9 Å². The van der Waals surface area contributed by atoms with Crippen molar-refractivity contribution in [2.24, 2.45) is 0 Å². The molecule has 0 saturated carbocycles. The lowest BCUT2D eigenvalue weighted by Gasteiger charge is -2.21. The van der Waals surface area contributed by atoms with Crippen LogP contribution in [0.1, 0.15) is 245 Å². The molecule has 0 aromatic rings. The lowest BCUT2D eigenvalue weighted by Crippen LogP contribution is -2.45. The predicted octanol–water partition coefficient (Wildman–Crippen LogP) is 13.4. The Balaban J connectivity index is 3.58. The quantitative estimate of drug-likeness (QED) is 0.0371. The third kappa shape index (κ3) is 38.6. The second-order valence-electron chi connectivity index (χ2n) is 16.0. The Hall–Kier alpha value is -1.17. The maximum atomic E-state index is 12.4. The van der Waals surface area contributed by atoms with E-state index in [1.165, 1.54) is 193 Å². The van der Waals surface area contributed by atoms with Crippen molar-refractivity contribution in [2.45, 2.75) is 263 Å². The van der Waals surface area contributed by atoms with E-state index in [2.05, 4.69) is 31.3 Å². The average molecular weight is 734 g/mol. The van der Waals surface area contributed by atoms with Gasteiger partial charge in [-0.15, -0.1) is 0 Å². The summed E-state index contributed by atoms with van der Waals surface area (Å²) in [4.78, 5) is 12.4. The summed E-state index contributed by atoms with van der Waals surface area (Å²) in [7, 11) is 0. The predicted molar refractivity (Wildman–Crippen MR) is 227 cm³/mol. The molecular weight excluding hydrogens is 643 g/mol. The molecule has 0 aromatic carbocycles. The molecule has 308 valence electrons. The fourth-order valence-electron chi connectivity index (χ4n) is 7.16. The summed E-state index contributed by atoms with van der Waals surface area (Å²) in [6.45, 7) is 4.21. The van der Waals surface area contributed by atoms with Crippen LogP contribution >= 0.6 is 0 Å². The monoisotopic (exact) mass is 734 g/mol. The number of aliphatic hydroxyl groups is 3. The van der Waals surface area contributed by atoms with Crippen molar-refractivity contribution in [1.82, 2.24) is 5.32 Å². The topological polar surface area (TPSA) is 89.8 Å². The Labute approximate surface area is 324 Å². The zero-order chi connectivity index (χ0) is 38.0. The van der Waals surface area contributed by atoms with Gasteiger partial charge in [0.05, 0.1) is 31.3 Å². The molecule has 3 unspecified atom stereocenters. The van der Waals surface area contributed by atoms with E-state index in [1.807, 2.05) is 6.08 Å². The number of hydrogen-bond acceptors (Lipinski definition) is 4. The highest BCUT2D eigenvalue weighted by Crippen LogP contribution is 2.16. The minimum atomic E-state index is -0.926. The highest BCUT2D eigenvalue weighted by Gasteiger charge is 2.20. The van der Waals surface area contributed by atoms with Gasteiger partial charge < -0.3 is 20.6 Å². The maximum absolute atomic E-state index is 12.4. The Morgan fingerprint density at radius 1 is 0.481 bits per heavy atom. The standard InChI is InChI=1S/C47H91NO4/c1-3-5-7-9-11-13-15-17-18-19-20-21-22-23-24-25-26-27-28-29-30-32-34-36-38-40-44(50)42-47(52)48-45(43-49)46(51)41-39-37-35-33-31-16-14-12-10-8-6-4-2/h23-24,39,41,44-46,49-51H,3-22,25-38,40,42-43H2,1-2H3,(H,48,52)/b24-23-,41-39+. The van der Waals surface area contributed by atoms with Crippen LogP contribution in [0.3, 0.4) is 0 Å². The average Bonchev–Trinajstić information content (AvgIpc) is 3.14. The van der Waals surface area contributed by atoms with E-state index in [4.69, 9.17) is 0 Å². The minimum absolute atomic E-state index is 0.0140. The number of carbonyl (C=O) groups excluding carboxylic acids is 1. The van der Waals surface area contributed by atoms with Crippen molar-refractivity contribution in [3.63, 3.8) is 0 Å². The van der Waals surface area contributed by atoms with Crippen LogP contribution in [0, 0.1) is 0 Å². The molecular formula is C47H91NO4. The first-order chi connectivity index (χ1) is 25.5. The van der Waals surface area contributed by atoms with Gasteiger partial charge in [-0.25, -0.2) is 0 Å². The van der Waals surface area contributed by atoms with Crippen molar-refractivity contribution in [3.05, 3.63) is 24.3 Å². The molecule has 52 heavy (non-hydrogen) atoms. The minimum Gasteiger partial charge on any atom is -0.394 e. The van der Waals surface area contributed by atoms with Gasteiger partial charge in [-0.2, -0.15) is 0 Å². The van der Waals surface area contributed by atoms with Crippen LogP contribution in [0.15, 0.2) is 24.3 Å². The number of rotatable bonds is 42. The van der Waals surface area contributed by atoms with E-state index in [-0.39, 0.29) is 18.9 Å². The van der Waals surface area contributed by atoms with E-state index < -0.39 is 18.2 Å². The van der Waals surface area contributed by atoms with E-state index in [1.54, 1.807) is 6.08 Å². The van der Waals surface area contributed by atoms with Gasteiger partial charge in [-0.1, -0.05) is 218 Å². The van der Waals surface area contributed by atoms with Crippen molar-refractivity contribution in [3.8, 4) is 0 Å². The Morgan fingerprint density at radius 2 is 0.808 bits per heavy atom. The largest absolute Gasteiger partial charge is 0.394 e. The molecule has 0 bridgehead atoms. The molecule has 4 N–H and O–H groups in total. The second kappa shape index (κ2) is 42.6. The Kier molecular flexibility index (Phi) is 41.6. The highest BCUT2D eigenvalue weighted by atomic mass is 16.3. The molecule has 5 nitrogen and oxygen atoms in total. The van der Waals surface area contributed by atoms with Gasteiger partial charge >= 0.3 is 0 Å². The summed E-state index contributed by atoms with van der Waals surface area (Å²) in [6.07, 6.45) is 51.9. The molecule has 0 heterocycles. The fourth-order valence-corrected chi connectivity index (χ4v) is 7.16. The van der Waals surface area contributed by atoms with Crippen LogP contribution in [-0.4, -0.2) is 46.1 Å². The number of aliphatic hydroxyl groups excluding tert-OH is 3. The van der Waals surface area contributed by atoms with Gasteiger partial charge in [0.25, 0.3) is 0 Å². The zero-order valence-corrected chi connectivity index (χ0v) is 35.0. The molecule has 0 aromatic heterocycles. The second-order valence-corrected chi connectivity index (χ2v) is 16.0. The maximum Gasteiger partial charge on any atom is 0.222 e. The highest BCUT2D eigenvalue weighted by molar-refractivity contribution is 5.76. The third-order valence-electron chi connectivity index (χ3n) is 10.7. The number of allylic oxidation sites excluding steroid dienone is 3. The first kappa shape index (κ1) is 50.8. The van der Waals surface area contributed by atoms with Crippen LogP contribution in [0.4, 0.5) is 0 Å². The van der Waals surface area contributed by atoms with Gasteiger partial charge in [0.15, 0.2) is 0 Å². The molecule has 0 aliphatic rings. The lowest BCUT2D eigenvalue weighted by atomic mass is 10.0. The SMILES string of the molecule is CCCCCCCCCCCC/C=C/C(O)C(CO)NC(=O)CC(O)CCCCCCCCCCC/C=C\CCCCCCCCCCCCCC. The van der Waals surface area contributed by atoms with Crippen LogP contribution in [0.25, 0.3) is 0 Å². The summed E-state index contributed by atoms with van der Waals surface area (Å²) in [6, 6.07) is -0.742. The van der Waals surface area contributed by atoms with Crippen LogP contribution in [-0.2, 0) is 4.79 Å². The molecule has 0 rings (SSSR count). The molecule has 0 aliphatic carbocycles. The summed E-state index contributed by atoms with van der Waals surface area (Å²) in [5, 5.41) is 33.2. The van der Waals surface area contributed by atoms with E-state index in [0.29, 0.717) is 6.42 Å². The molecule has 0 saturated heterocycles. The molecule has 5 heteroatoms. The van der Waals surface area contributed by atoms with Gasteiger partial charge in [-0.3, -0.25) is 4.79 Å². The zero-order valence-electron chi connectivity index (χ0n) is 35.0. The molecule has 1 amide bonds. The van der Waals surface area contributed by atoms with Crippen molar-refractivity contribution in [2.75, 3.05) is 6.61 Å². The lowest BCUT2D eigenvalue weighted by molar-refractivity contribution is -0.124. The van der Waals surface area contributed by atoms with E-state index >= 15 is 0 Å². The molecule has 3 atom stereocenters. The molecule has 0 fully saturated rings. The molecule has 0 spiro atoms. The summed E-state index contributed by atoms with van der Waals surface area (Å²) >= 11 is 0. The van der Waals surface area contributed by atoms with Crippen LogP contribution in [0.5, 0.6) is 0 Å². The van der Waals surface area contributed by atoms with Crippen molar-refractivity contribution < 1.29 is 20.1 Å². The Morgan fingerprint density at radius 3 is 1.17 bits per heavy atom. The van der Waals surface area contributed by atoms with E-state index in [0.717, 1.165) is 25.7 Å². The van der Waals surface area contributed by atoms with Gasteiger partial charge in [0.2, 0.25) is 5.91 Å². The number of amides is 1. The smallest absolute Gasteiger partial charge is 0.222 e. The first-order valence-electron chi connectivity index (χ1n) is 23.1. The van der Waals surface area contributed by atoms with E-state index in [9.17, 15) is 20.1 Å². The van der Waals surface area contributed by atoms with Crippen LogP contribution in [0.2, 0.25) is 0 Å². The third-order valence-corrected chi connectivity index (χ3v) is 10.7. The number of carbonyl (C=O) groups is 1. The normalized spacial score (nSPS) is 13.7. The number of unbranched alkanes of at least 4 members (excludes halogenated alkanes) is 31. The first-order valence-corrected chi connectivity index (χ1v) is 23.1. The van der Waals surface area contributed by atoms with Gasteiger partial charge in [0, 0.05) is 0 Å². The van der Waals surface area contributed by atoms with Gasteiger partial charge in [0.1, 0.15) is 0 Å². The molecule has 0 aliphatic heterocycles. The Bertz CT molecular complexity index is 768. The van der Waals surface area contributed by atoms with Crippen molar-refractivity contribution in [1.29, 1.82) is 0 Å².